The molecule has 28 heavy (non-hydrogen) atoms. The van der Waals surface area contributed by atoms with E-state index in [1.165, 1.54) is 13.3 Å². The maximum Gasteiger partial charge on any atom is 0.433 e. The SMILES string of the molecule is Cc1nc(C(F)(F)F)ccc1C(=O)N[C@@H]1CCCN(C(=O)c2ncn[nH]2)CC1. The van der Waals surface area contributed by atoms with Gasteiger partial charge >= 0.3 is 6.18 Å². The quantitative estimate of drug-likeness (QED) is 0.825. The molecule has 11 heteroatoms. The van der Waals surface area contributed by atoms with Crippen molar-refractivity contribution in [1.29, 1.82) is 0 Å². The van der Waals surface area contributed by atoms with Crippen molar-refractivity contribution in [3.05, 3.63) is 41.2 Å². The lowest BCUT2D eigenvalue weighted by atomic mass is 10.1. The predicted octanol–water partition coefficient (Wildman–Crippen LogP) is 1.95. The maximum absolute atomic E-state index is 12.7. The van der Waals surface area contributed by atoms with Gasteiger partial charge in [0.2, 0.25) is 5.82 Å². The number of aromatic nitrogens is 4. The largest absolute Gasteiger partial charge is 0.433 e. The van der Waals surface area contributed by atoms with Gasteiger partial charge in [0.1, 0.15) is 12.0 Å². The zero-order valence-corrected chi connectivity index (χ0v) is 15.1. The van der Waals surface area contributed by atoms with Gasteiger partial charge in [0.25, 0.3) is 11.8 Å². The summed E-state index contributed by atoms with van der Waals surface area (Å²) >= 11 is 0. The minimum atomic E-state index is -4.55. The molecule has 8 nitrogen and oxygen atoms in total. The number of aryl methyl sites for hydroxylation is 1. The highest BCUT2D eigenvalue weighted by molar-refractivity contribution is 5.95. The molecule has 2 amide bonds. The molecule has 2 N–H and O–H groups in total. The molecule has 0 unspecified atom stereocenters. The molecular formula is C17H19F3N6O2. The number of H-pyrrole nitrogens is 1. The summed E-state index contributed by atoms with van der Waals surface area (Å²) in [4.78, 5) is 33.8. The van der Waals surface area contributed by atoms with E-state index in [0.29, 0.717) is 32.4 Å². The van der Waals surface area contributed by atoms with E-state index in [1.54, 1.807) is 4.90 Å². The molecule has 1 aliphatic rings. The summed E-state index contributed by atoms with van der Waals surface area (Å²) in [5, 5.41) is 9.03. The van der Waals surface area contributed by atoms with Crippen molar-refractivity contribution in [1.82, 2.24) is 30.4 Å². The zero-order chi connectivity index (χ0) is 20.3. The Morgan fingerprint density at radius 1 is 1.25 bits per heavy atom. The summed E-state index contributed by atoms with van der Waals surface area (Å²) in [6, 6.07) is 1.74. The Morgan fingerprint density at radius 2 is 2.04 bits per heavy atom. The van der Waals surface area contributed by atoms with Crippen LogP contribution in [0.4, 0.5) is 13.2 Å². The minimum absolute atomic E-state index is 0.0167. The monoisotopic (exact) mass is 396 g/mol. The summed E-state index contributed by atoms with van der Waals surface area (Å²) in [5.74, 6) is -0.570. The van der Waals surface area contributed by atoms with Crippen LogP contribution in [0.3, 0.4) is 0 Å². The Morgan fingerprint density at radius 3 is 2.68 bits per heavy atom. The molecule has 1 aliphatic heterocycles. The van der Waals surface area contributed by atoms with E-state index in [9.17, 15) is 22.8 Å². The van der Waals surface area contributed by atoms with Gasteiger partial charge in [0.05, 0.1) is 11.3 Å². The average molecular weight is 396 g/mol. The molecule has 0 saturated carbocycles. The molecule has 3 heterocycles. The lowest BCUT2D eigenvalue weighted by molar-refractivity contribution is -0.141. The number of pyridine rings is 1. The normalized spacial score (nSPS) is 17.9. The number of amides is 2. The fraction of sp³-hybridized carbons (Fsp3) is 0.471. The fourth-order valence-corrected chi connectivity index (χ4v) is 3.12. The molecule has 2 aromatic rings. The van der Waals surface area contributed by atoms with Crippen LogP contribution in [0.5, 0.6) is 0 Å². The number of carbonyl (C=O) groups excluding carboxylic acids is 2. The van der Waals surface area contributed by atoms with Crippen LogP contribution in [0, 0.1) is 6.92 Å². The number of likely N-dealkylation sites (tertiary alicyclic amines) is 1. The van der Waals surface area contributed by atoms with Crippen molar-refractivity contribution in [2.45, 2.75) is 38.4 Å². The first kappa shape index (κ1) is 19.8. The first-order valence-corrected chi connectivity index (χ1v) is 8.76. The third-order valence-corrected chi connectivity index (χ3v) is 4.59. The number of aromatic amines is 1. The third kappa shape index (κ3) is 4.46. The van der Waals surface area contributed by atoms with Crippen LogP contribution < -0.4 is 5.32 Å². The van der Waals surface area contributed by atoms with Gasteiger partial charge in [0.15, 0.2) is 0 Å². The Hall–Kier alpha value is -2.98. The van der Waals surface area contributed by atoms with Crippen LogP contribution in [0.15, 0.2) is 18.5 Å². The summed E-state index contributed by atoms with van der Waals surface area (Å²) in [6.07, 6.45) is -1.44. The molecule has 150 valence electrons. The van der Waals surface area contributed by atoms with Crippen LogP contribution in [0.2, 0.25) is 0 Å². The van der Waals surface area contributed by atoms with E-state index in [0.717, 1.165) is 12.1 Å². The number of halogens is 3. The Kier molecular flexibility index (Phi) is 5.61. The van der Waals surface area contributed by atoms with Crippen molar-refractivity contribution in [3.8, 4) is 0 Å². The van der Waals surface area contributed by atoms with Crippen molar-refractivity contribution >= 4 is 11.8 Å². The lowest BCUT2D eigenvalue weighted by Gasteiger charge is -2.20. The predicted molar refractivity (Wildman–Crippen MR) is 91.4 cm³/mol. The number of nitrogens with one attached hydrogen (secondary N) is 2. The van der Waals surface area contributed by atoms with Gasteiger partial charge in [-0.1, -0.05) is 0 Å². The average Bonchev–Trinajstić information content (AvgIpc) is 3.07. The second kappa shape index (κ2) is 7.95. The minimum Gasteiger partial charge on any atom is -0.349 e. The Labute approximate surface area is 158 Å². The molecule has 1 fully saturated rings. The summed E-state index contributed by atoms with van der Waals surface area (Å²) < 4.78 is 38.1. The second-order valence-corrected chi connectivity index (χ2v) is 6.55. The second-order valence-electron chi connectivity index (χ2n) is 6.55. The number of hydrogen-bond acceptors (Lipinski definition) is 5. The molecular weight excluding hydrogens is 377 g/mol. The highest BCUT2D eigenvalue weighted by Crippen LogP contribution is 2.28. The zero-order valence-electron chi connectivity index (χ0n) is 15.1. The van der Waals surface area contributed by atoms with Crippen molar-refractivity contribution in [3.63, 3.8) is 0 Å². The number of carbonyl (C=O) groups is 2. The highest BCUT2D eigenvalue weighted by atomic mass is 19.4. The van der Waals surface area contributed by atoms with Crippen molar-refractivity contribution in [2.24, 2.45) is 0 Å². The molecule has 3 rings (SSSR count). The number of nitrogens with zero attached hydrogens (tertiary/aromatic N) is 4. The number of alkyl halides is 3. The summed E-state index contributed by atoms with van der Waals surface area (Å²) in [6.45, 7) is 2.32. The van der Waals surface area contributed by atoms with E-state index < -0.39 is 17.8 Å². The van der Waals surface area contributed by atoms with Gasteiger partial charge in [-0.3, -0.25) is 14.7 Å². The van der Waals surface area contributed by atoms with E-state index in [-0.39, 0.29) is 29.0 Å². The van der Waals surface area contributed by atoms with Gasteiger partial charge in [0, 0.05) is 19.1 Å². The topological polar surface area (TPSA) is 104 Å². The molecule has 0 bridgehead atoms. The fourth-order valence-electron chi connectivity index (χ4n) is 3.12. The molecule has 2 aromatic heterocycles. The van der Waals surface area contributed by atoms with Gasteiger partial charge in [-0.25, -0.2) is 9.97 Å². The van der Waals surface area contributed by atoms with Crippen LogP contribution in [0.1, 0.15) is 51.6 Å². The Balaban J connectivity index is 1.61. The first-order valence-electron chi connectivity index (χ1n) is 8.76. The van der Waals surface area contributed by atoms with Crippen LogP contribution in [-0.2, 0) is 6.18 Å². The number of hydrogen-bond donors (Lipinski definition) is 2. The molecule has 0 aliphatic carbocycles. The molecule has 1 atom stereocenters. The van der Waals surface area contributed by atoms with Gasteiger partial charge in [-0.05, 0) is 38.3 Å². The first-order chi connectivity index (χ1) is 13.3. The van der Waals surface area contributed by atoms with Gasteiger partial charge in [-0.15, -0.1) is 0 Å². The number of rotatable bonds is 3. The Bertz CT molecular complexity index is 853. The molecule has 0 spiro atoms. The molecule has 0 radical (unpaired) electrons. The van der Waals surface area contributed by atoms with E-state index in [4.69, 9.17) is 0 Å². The smallest absolute Gasteiger partial charge is 0.349 e. The van der Waals surface area contributed by atoms with E-state index in [1.807, 2.05) is 0 Å². The third-order valence-electron chi connectivity index (χ3n) is 4.59. The van der Waals surface area contributed by atoms with Gasteiger partial charge < -0.3 is 10.2 Å². The molecule has 0 aromatic carbocycles. The molecule has 1 saturated heterocycles. The van der Waals surface area contributed by atoms with Crippen LogP contribution >= 0.6 is 0 Å². The van der Waals surface area contributed by atoms with Crippen LogP contribution in [-0.4, -0.2) is 56.0 Å². The summed E-state index contributed by atoms with van der Waals surface area (Å²) in [5.41, 5.74) is -0.910. The maximum atomic E-state index is 12.7. The summed E-state index contributed by atoms with van der Waals surface area (Å²) in [7, 11) is 0. The van der Waals surface area contributed by atoms with Crippen LogP contribution in [0.25, 0.3) is 0 Å². The van der Waals surface area contributed by atoms with Crippen molar-refractivity contribution in [2.75, 3.05) is 13.1 Å². The lowest BCUT2D eigenvalue weighted by Crippen LogP contribution is -2.37. The van der Waals surface area contributed by atoms with E-state index in [2.05, 4.69) is 25.5 Å². The van der Waals surface area contributed by atoms with Gasteiger partial charge in [-0.2, -0.15) is 18.3 Å². The van der Waals surface area contributed by atoms with E-state index >= 15 is 0 Å². The highest BCUT2D eigenvalue weighted by Gasteiger charge is 2.33. The van der Waals surface area contributed by atoms with Crippen molar-refractivity contribution < 1.29 is 22.8 Å². The standard InChI is InChI=1S/C17H19F3N6O2/c1-10-12(4-5-13(23-10)17(18,19)20)15(27)24-11-3-2-7-26(8-6-11)16(28)14-21-9-22-25-14/h4-5,9,11H,2-3,6-8H2,1H3,(H,24,27)(H,21,22,25)/t11-/m1/s1.